The van der Waals surface area contributed by atoms with Gasteiger partial charge in [-0.25, -0.2) is 0 Å². The second kappa shape index (κ2) is 4.96. The Bertz CT molecular complexity index is 288. The number of hydrogen-bond acceptors (Lipinski definition) is 3. The summed E-state index contributed by atoms with van der Waals surface area (Å²) in [6.45, 7) is 4.04. The molecule has 14 heavy (non-hydrogen) atoms. The summed E-state index contributed by atoms with van der Waals surface area (Å²) in [7, 11) is 1.59. The van der Waals surface area contributed by atoms with Gasteiger partial charge in [0.2, 0.25) is 0 Å². The maximum absolute atomic E-state index is 9.96. The van der Waals surface area contributed by atoms with E-state index in [-0.39, 0.29) is 5.92 Å². The van der Waals surface area contributed by atoms with Crippen molar-refractivity contribution in [3.8, 4) is 5.75 Å². The number of methoxy groups -OCH3 is 1. The lowest BCUT2D eigenvalue weighted by Crippen LogP contribution is -2.11. The topological polar surface area (TPSA) is 42.4 Å². The molecule has 0 saturated heterocycles. The molecule has 0 aliphatic carbocycles. The first kappa shape index (κ1) is 11.0. The Balaban J connectivity index is 2.93. The highest BCUT2D eigenvalue weighted by molar-refractivity contribution is 5.28. The van der Waals surface area contributed by atoms with Crippen molar-refractivity contribution >= 4 is 0 Å². The highest BCUT2D eigenvalue weighted by atomic mass is 16.5. The van der Waals surface area contributed by atoms with Crippen LogP contribution in [0.1, 0.15) is 32.1 Å². The van der Waals surface area contributed by atoms with Gasteiger partial charge in [0.05, 0.1) is 7.11 Å². The summed E-state index contributed by atoms with van der Waals surface area (Å²) >= 11 is 0. The molecule has 2 atom stereocenters. The number of aliphatic hydroxyl groups excluding tert-OH is 1. The summed E-state index contributed by atoms with van der Waals surface area (Å²) < 4.78 is 5.14. The smallest absolute Gasteiger partial charge is 0.143 e. The fourth-order valence-corrected chi connectivity index (χ4v) is 1.29. The molecule has 1 heterocycles. The zero-order chi connectivity index (χ0) is 10.6. The van der Waals surface area contributed by atoms with Crippen LogP contribution in [0.4, 0.5) is 0 Å². The van der Waals surface area contributed by atoms with E-state index in [0.29, 0.717) is 11.4 Å². The zero-order valence-corrected chi connectivity index (χ0v) is 8.90. The van der Waals surface area contributed by atoms with Crippen LogP contribution in [0.15, 0.2) is 18.3 Å². The molecule has 0 saturated carbocycles. The number of rotatable bonds is 4. The molecule has 1 aromatic rings. The third-order valence-electron chi connectivity index (χ3n) is 2.48. The van der Waals surface area contributed by atoms with Crippen LogP contribution in [0.2, 0.25) is 0 Å². The number of ether oxygens (including phenoxy) is 1. The van der Waals surface area contributed by atoms with Crippen LogP contribution in [0, 0.1) is 5.92 Å². The SMILES string of the molecule is CCC(C)C(O)c1ncccc1OC. The first-order chi connectivity index (χ1) is 6.70. The first-order valence-electron chi connectivity index (χ1n) is 4.87. The molecule has 0 bridgehead atoms. The minimum Gasteiger partial charge on any atom is -0.495 e. The van der Waals surface area contributed by atoms with Crippen LogP contribution in [-0.4, -0.2) is 17.2 Å². The highest BCUT2D eigenvalue weighted by Gasteiger charge is 2.19. The number of aliphatic hydroxyl groups is 1. The minimum atomic E-state index is -0.545. The van der Waals surface area contributed by atoms with Crippen LogP contribution in [-0.2, 0) is 0 Å². The molecule has 2 unspecified atom stereocenters. The molecule has 0 spiro atoms. The van der Waals surface area contributed by atoms with E-state index >= 15 is 0 Å². The van der Waals surface area contributed by atoms with E-state index in [4.69, 9.17) is 4.74 Å². The average molecular weight is 195 g/mol. The monoisotopic (exact) mass is 195 g/mol. The van der Waals surface area contributed by atoms with Crippen LogP contribution < -0.4 is 4.74 Å². The number of aromatic nitrogens is 1. The second-order valence-electron chi connectivity index (χ2n) is 3.42. The summed E-state index contributed by atoms with van der Waals surface area (Å²) in [5.41, 5.74) is 0.629. The Labute approximate surface area is 84.7 Å². The molecular formula is C11H17NO2. The number of pyridine rings is 1. The minimum absolute atomic E-state index is 0.193. The van der Waals surface area contributed by atoms with E-state index in [2.05, 4.69) is 4.98 Å². The fourth-order valence-electron chi connectivity index (χ4n) is 1.29. The Morgan fingerprint density at radius 3 is 2.86 bits per heavy atom. The molecule has 3 heteroatoms. The molecule has 0 fully saturated rings. The van der Waals surface area contributed by atoms with Gasteiger partial charge in [-0.15, -0.1) is 0 Å². The van der Waals surface area contributed by atoms with Crippen molar-refractivity contribution in [1.29, 1.82) is 0 Å². The summed E-state index contributed by atoms with van der Waals surface area (Å²) in [5, 5.41) is 9.96. The van der Waals surface area contributed by atoms with Gasteiger partial charge in [0.25, 0.3) is 0 Å². The van der Waals surface area contributed by atoms with Crippen LogP contribution in [0.3, 0.4) is 0 Å². The lowest BCUT2D eigenvalue weighted by atomic mass is 9.98. The average Bonchev–Trinajstić information content (AvgIpc) is 2.26. The van der Waals surface area contributed by atoms with E-state index < -0.39 is 6.10 Å². The molecule has 0 amide bonds. The maximum atomic E-state index is 9.96. The Hall–Kier alpha value is -1.09. The van der Waals surface area contributed by atoms with Gasteiger partial charge in [-0.2, -0.15) is 0 Å². The molecule has 1 aromatic heterocycles. The normalized spacial score (nSPS) is 14.9. The van der Waals surface area contributed by atoms with Crippen molar-refractivity contribution in [3.05, 3.63) is 24.0 Å². The van der Waals surface area contributed by atoms with E-state index in [0.717, 1.165) is 6.42 Å². The fraction of sp³-hybridized carbons (Fsp3) is 0.545. The van der Waals surface area contributed by atoms with Gasteiger partial charge in [0.1, 0.15) is 17.5 Å². The van der Waals surface area contributed by atoms with E-state index in [9.17, 15) is 5.11 Å². The Morgan fingerprint density at radius 2 is 2.29 bits per heavy atom. The first-order valence-corrected chi connectivity index (χ1v) is 4.87. The predicted molar refractivity (Wildman–Crippen MR) is 55.2 cm³/mol. The third-order valence-corrected chi connectivity index (χ3v) is 2.48. The molecular weight excluding hydrogens is 178 g/mol. The van der Waals surface area contributed by atoms with Crippen LogP contribution in [0.5, 0.6) is 5.75 Å². The van der Waals surface area contributed by atoms with Gasteiger partial charge < -0.3 is 9.84 Å². The van der Waals surface area contributed by atoms with Crippen LogP contribution in [0.25, 0.3) is 0 Å². The molecule has 0 aliphatic rings. The summed E-state index contributed by atoms with van der Waals surface area (Å²) in [6.07, 6.45) is 2.04. The van der Waals surface area contributed by atoms with Gasteiger partial charge in [-0.05, 0) is 18.1 Å². The zero-order valence-electron chi connectivity index (χ0n) is 8.90. The molecule has 78 valence electrons. The number of nitrogens with zero attached hydrogens (tertiary/aromatic N) is 1. The van der Waals surface area contributed by atoms with Crippen LogP contribution >= 0.6 is 0 Å². The number of hydrogen-bond donors (Lipinski definition) is 1. The third kappa shape index (κ3) is 2.23. The Kier molecular flexibility index (Phi) is 3.89. The largest absolute Gasteiger partial charge is 0.495 e. The highest BCUT2D eigenvalue weighted by Crippen LogP contribution is 2.28. The van der Waals surface area contributed by atoms with Crippen molar-refractivity contribution in [2.24, 2.45) is 5.92 Å². The lowest BCUT2D eigenvalue weighted by molar-refractivity contribution is 0.108. The van der Waals surface area contributed by atoms with Crippen molar-refractivity contribution in [3.63, 3.8) is 0 Å². The second-order valence-corrected chi connectivity index (χ2v) is 3.42. The lowest BCUT2D eigenvalue weighted by Gasteiger charge is -2.18. The maximum Gasteiger partial charge on any atom is 0.143 e. The molecule has 3 nitrogen and oxygen atoms in total. The quantitative estimate of drug-likeness (QED) is 0.800. The molecule has 0 radical (unpaired) electrons. The van der Waals surface area contributed by atoms with Gasteiger partial charge >= 0.3 is 0 Å². The van der Waals surface area contributed by atoms with Crippen molar-refractivity contribution in [2.75, 3.05) is 7.11 Å². The van der Waals surface area contributed by atoms with Crippen molar-refractivity contribution < 1.29 is 9.84 Å². The van der Waals surface area contributed by atoms with Gasteiger partial charge in [-0.3, -0.25) is 4.98 Å². The van der Waals surface area contributed by atoms with E-state index in [1.54, 1.807) is 19.4 Å². The standard InChI is InChI=1S/C11H17NO2/c1-4-8(2)11(13)10-9(14-3)6-5-7-12-10/h5-8,11,13H,4H2,1-3H3. The predicted octanol–water partition coefficient (Wildman–Crippen LogP) is 2.17. The van der Waals surface area contributed by atoms with Gasteiger partial charge in [-0.1, -0.05) is 20.3 Å². The van der Waals surface area contributed by atoms with E-state index in [1.807, 2.05) is 19.9 Å². The van der Waals surface area contributed by atoms with Crippen molar-refractivity contribution in [1.82, 2.24) is 4.98 Å². The molecule has 0 aliphatic heterocycles. The van der Waals surface area contributed by atoms with E-state index in [1.165, 1.54) is 0 Å². The summed E-state index contributed by atoms with van der Waals surface area (Å²) in [6, 6.07) is 3.61. The molecule has 1 N–H and O–H groups in total. The van der Waals surface area contributed by atoms with Gasteiger partial charge in [0.15, 0.2) is 0 Å². The summed E-state index contributed by atoms with van der Waals surface area (Å²) in [5.74, 6) is 0.846. The molecule has 1 rings (SSSR count). The Morgan fingerprint density at radius 1 is 1.57 bits per heavy atom. The molecule has 0 aromatic carbocycles. The summed E-state index contributed by atoms with van der Waals surface area (Å²) in [4.78, 5) is 4.14. The van der Waals surface area contributed by atoms with Gasteiger partial charge in [0, 0.05) is 6.20 Å². The van der Waals surface area contributed by atoms with Crippen molar-refractivity contribution in [2.45, 2.75) is 26.4 Å².